The molecule has 28 heavy (non-hydrogen) atoms. The van der Waals surface area contributed by atoms with E-state index in [0.29, 0.717) is 45.5 Å². The topological polar surface area (TPSA) is 89.5 Å². The molecular formula is C20H34O8. The quantitative estimate of drug-likeness (QED) is 0.363. The fourth-order valence-corrected chi connectivity index (χ4v) is 3.21. The largest absolute Gasteiger partial charge is 0.466 e. The lowest BCUT2D eigenvalue weighted by Gasteiger charge is -2.22. The minimum absolute atomic E-state index is 0.00371. The Morgan fingerprint density at radius 3 is 2.04 bits per heavy atom. The number of rotatable bonds is 12. The summed E-state index contributed by atoms with van der Waals surface area (Å²) in [6.45, 7) is 9.33. The van der Waals surface area contributed by atoms with Crippen molar-refractivity contribution in [2.75, 3.05) is 33.0 Å². The number of ether oxygens (including phenoxy) is 6. The second kappa shape index (κ2) is 10.6. The molecule has 0 aromatic rings. The highest BCUT2D eigenvalue weighted by Crippen LogP contribution is 2.28. The molecule has 8 nitrogen and oxygen atoms in total. The van der Waals surface area contributed by atoms with Crippen LogP contribution in [0, 0.1) is 0 Å². The summed E-state index contributed by atoms with van der Waals surface area (Å²) in [4.78, 5) is 23.7. The van der Waals surface area contributed by atoms with Gasteiger partial charge in [0.2, 0.25) is 0 Å². The van der Waals surface area contributed by atoms with Gasteiger partial charge in [-0.3, -0.25) is 9.59 Å². The first kappa shape index (κ1) is 23.2. The minimum Gasteiger partial charge on any atom is -0.466 e. The van der Waals surface area contributed by atoms with Crippen molar-refractivity contribution in [2.24, 2.45) is 0 Å². The van der Waals surface area contributed by atoms with E-state index < -0.39 is 11.6 Å². The SMILES string of the molecule is CC1COC(C)(CCC(=O)COCCCOC(=O)CCC2(C)OCC(C)O2)O1. The zero-order chi connectivity index (χ0) is 20.6. The summed E-state index contributed by atoms with van der Waals surface area (Å²) in [5.74, 6) is -1.66. The van der Waals surface area contributed by atoms with Crippen LogP contribution in [0.25, 0.3) is 0 Å². The molecule has 0 N–H and O–H groups in total. The standard InChI is InChI=1S/C20H34O8/c1-15-12-25-19(3,27-15)8-6-17(21)14-23-10-5-11-24-18(22)7-9-20(4)26-13-16(2)28-20/h15-16H,5-14H2,1-4H3. The Hall–Kier alpha value is -1.06. The average Bonchev–Trinajstić information content (AvgIpc) is 3.16. The molecular weight excluding hydrogens is 368 g/mol. The highest BCUT2D eigenvalue weighted by Gasteiger charge is 2.36. The van der Waals surface area contributed by atoms with Crippen LogP contribution >= 0.6 is 0 Å². The van der Waals surface area contributed by atoms with Gasteiger partial charge in [0.25, 0.3) is 0 Å². The maximum absolute atomic E-state index is 11.9. The third kappa shape index (κ3) is 8.13. The van der Waals surface area contributed by atoms with Gasteiger partial charge in [-0.15, -0.1) is 0 Å². The Labute approximate surface area is 167 Å². The van der Waals surface area contributed by atoms with Crippen molar-refractivity contribution < 1.29 is 38.0 Å². The Kier molecular flexibility index (Phi) is 8.82. The van der Waals surface area contributed by atoms with Crippen molar-refractivity contribution in [1.29, 1.82) is 0 Å². The Balaban J connectivity index is 1.44. The molecule has 2 fully saturated rings. The maximum atomic E-state index is 11.9. The number of hydrogen-bond donors (Lipinski definition) is 0. The van der Waals surface area contributed by atoms with Gasteiger partial charge in [-0.1, -0.05) is 0 Å². The van der Waals surface area contributed by atoms with Gasteiger partial charge >= 0.3 is 5.97 Å². The molecule has 0 aromatic heterocycles. The van der Waals surface area contributed by atoms with Gasteiger partial charge in [0.1, 0.15) is 6.61 Å². The van der Waals surface area contributed by atoms with Gasteiger partial charge in [0.15, 0.2) is 17.4 Å². The highest BCUT2D eigenvalue weighted by molar-refractivity contribution is 5.79. The molecule has 8 heteroatoms. The molecule has 0 spiro atoms. The average molecular weight is 402 g/mol. The van der Waals surface area contributed by atoms with Gasteiger partial charge in [-0.2, -0.15) is 0 Å². The number of esters is 1. The van der Waals surface area contributed by atoms with Gasteiger partial charge in [-0.25, -0.2) is 0 Å². The van der Waals surface area contributed by atoms with E-state index in [4.69, 9.17) is 28.4 Å². The first-order valence-corrected chi connectivity index (χ1v) is 10.1. The van der Waals surface area contributed by atoms with Crippen molar-refractivity contribution in [2.45, 2.75) is 83.6 Å². The summed E-state index contributed by atoms with van der Waals surface area (Å²) in [6, 6.07) is 0. The van der Waals surface area contributed by atoms with E-state index in [1.54, 1.807) is 0 Å². The number of ketones is 1. The lowest BCUT2D eigenvalue weighted by Crippen LogP contribution is -2.28. The number of hydrogen-bond acceptors (Lipinski definition) is 8. The van der Waals surface area contributed by atoms with Crippen LogP contribution in [0.4, 0.5) is 0 Å². The Morgan fingerprint density at radius 1 is 0.929 bits per heavy atom. The zero-order valence-corrected chi connectivity index (χ0v) is 17.5. The summed E-state index contributed by atoms with van der Waals surface area (Å²) in [5.41, 5.74) is 0. The fraction of sp³-hybridized carbons (Fsp3) is 0.900. The predicted octanol–water partition coefficient (Wildman–Crippen LogP) is 2.37. The van der Waals surface area contributed by atoms with E-state index in [1.807, 2.05) is 27.7 Å². The third-order valence-electron chi connectivity index (χ3n) is 4.75. The molecule has 2 heterocycles. The van der Waals surface area contributed by atoms with Gasteiger partial charge in [0.05, 0.1) is 45.1 Å². The van der Waals surface area contributed by atoms with Gasteiger partial charge < -0.3 is 28.4 Å². The van der Waals surface area contributed by atoms with Gasteiger partial charge in [-0.05, 0) is 27.7 Å². The molecule has 2 aliphatic rings. The number of Topliss-reactive ketones (excluding diaryl/α,β-unsaturated/α-hetero) is 1. The monoisotopic (exact) mass is 402 g/mol. The van der Waals surface area contributed by atoms with Crippen molar-refractivity contribution in [3.63, 3.8) is 0 Å². The molecule has 2 saturated heterocycles. The number of carbonyl (C=O) groups is 2. The normalized spacial score (nSPS) is 32.6. The lowest BCUT2D eigenvalue weighted by molar-refractivity contribution is -0.167. The van der Waals surface area contributed by atoms with Gasteiger partial charge in [0, 0.05) is 25.7 Å². The fourth-order valence-electron chi connectivity index (χ4n) is 3.21. The minimum atomic E-state index is -0.703. The van der Waals surface area contributed by atoms with Crippen LogP contribution in [-0.2, 0) is 38.0 Å². The highest BCUT2D eigenvalue weighted by atomic mass is 16.7. The van der Waals surface area contributed by atoms with E-state index in [9.17, 15) is 9.59 Å². The van der Waals surface area contributed by atoms with E-state index in [-0.39, 0.29) is 43.6 Å². The molecule has 2 aliphatic heterocycles. The number of carbonyl (C=O) groups excluding carboxylic acids is 2. The maximum Gasteiger partial charge on any atom is 0.305 e. The summed E-state index contributed by atoms with van der Waals surface area (Å²) in [6.07, 6.45) is 2.22. The van der Waals surface area contributed by atoms with Crippen molar-refractivity contribution in [1.82, 2.24) is 0 Å². The molecule has 0 amide bonds. The van der Waals surface area contributed by atoms with E-state index in [1.165, 1.54) is 0 Å². The summed E-state index contributed by atoms with van der Waals surface area (Å²) < 4.78 is 32.9. The van der Waals surface area contributed by atoms with E-state index in [0.717, 1.165) is 0 Å². The molecule has 0 radical (unpaired) electrons. The second-order valence-electron chi connectivity index (χ2n) is 7.91. The molecule has 0 aromatic carbocycles. The van der Waals surface area contributed by atoms with Crippen LogP contribution in [-0.4, -0.2) is 68.6 Å². The molecule has 0 saturated carbocycles. The van der Waals surface area contributed by atoms with E-state index >= 15 is 0 Å². The smallest absolute Gasteiger partial charge is 0.305 e. The molecule has 4 unspecified atom stereocenters. The molecule has 4 atom stereocenters. The van der Waals surface area contributed by atoms with Crippen LogP contribution < -0.4 is 0 Å². The van der Waals surface area contributed by atoms with Crippen molar-refractivity contribution in [3.8, 4) is 0 Å². The predicted molar refractivity (Wildman–Crippen MR) is 99.7 cm³/mol. The zero-order valence-electron chi connectivity index (χ0n) is 17.5. The van der Waals surface area contributed by atoms with Crippen LogP contribution in [0.2, 0.25) is 0 Å². The molecule has 0 aliphatic carbocycles. The second-order valence-corrected chi connectivity index (χ2v) is 7.91. The first-order chi connectivity index (χ1) is 13.2. The Bertz CT molecular complexity index is 478. The van der Waals surface area contributed by atoms with Crippen molar-refractivity contribution in [3.05, 3.63) is 0 Å². The third-order valence-corrected chi connectivity index (χ3v) is 4.75. The van der Waals surface area contributed by atoms with Crippen LogP contribution in [0.15, 0.2) is 0 Å². The van der Waals surface area contributed by atoms with Crippen LogP contribution in [0.3, 0.4) is 0 Å². The molecule has 162 valence electrons. The summed E-state index contributed by atoms with van der Waals surface area (Å²) in [7, 11) is 0. The lowest BCUT2D eigenvalue weighted by atomic mass is 10.1. The first-order valence-electron chi connectivity index (χ1n) is 10.1. The Morgan fingerprint density at radius 2 is 1.50 bits per heavy atom. The van der Waals surface area contributed by atoms with E-state index in [2.05, 4.69) is 0 Å². The molecule has 2 rings (SSSR count). The summed E-state index contributed by atoms with van der Waals surface area (Å²) in [5, 5.41) is 0. The van der Waals surface area contributed by atoms with Crippen molar-refractivity contribution >= 4 is 11.8 Å². The van der Waals surface area contributed by atoms with Crippen LogP contribution in [0.1, 0.15) is 59.8 Å². The van der Waals surface area contributed by atoms with Crippen LogP contribution in [0.5, 0.6) is 0 Å². The summed E-state index contributed by atoms with van der Waals surface area (Å²) >= 11 is 0. The molecule has 0 bridgehead atoms.